The molecule has 1 aliphatic heterocycles. The van der Waals surface area contributed by atoms with Crippen LogP contribution in [0.4, 0.5) is 0 Å². The minimum Gasteiger partial charge on any atom is -0.476 e. The van der Waals surface area contributed by atoms with E-state index in [0.29, 0.717) is 25.1 Å². The summed E-state index contributed by atoms with van der Waals surface area (Å²) < 4.78 is 8.30. The zero-order valence-electron chi connectivity index (χ0n) is 19.9. The fourth-order valence-corrected chi connectivity index (χ4v) is 4.96. The Labute approximate surface area is 206 Å². The summed E-state index contributed by atoms with van der Waals surface area (Å²) in [6, 6.07) is 17.1. The van der Waals surface area contributed by atoms with Crippen molar-refractivity contribution in [2.24, 2.45) is 0 Å². The van der Waals surface area contributed by atoms with Crippen molar-refractivity contribution in [2.45, 2.75) is 45.7 Å². The summed E-state index contributed by atoms with van der Waals surface area (Å²) in [7, 11) is 0. The van der Waals surface area contributed by atoms with E-state index in [9.17, 15) is 0 Å². The first kappa shape index (κ1) is 22.9. The number of nitrogens with zero attached hydrogens (tertiary/aromatic N) is 4. The fraction of sp³-hybridized carbons (Fsp3) is 0.357. The van der Waals surface area contributed by atoms with Crippen molar-refractivity contribution >= 4 is 22.5 Å². The van der Waals surface area contributed by atoms with E-state index in [0.717, 1.165) is 45.6 Å². The van der Waals surface area contributed by atoms with Gasteiger partial charge >= 0.3 is 0 Å². The average Bonchev–Trinajstić information content (AvgIpc) is 3.41. The van der Waals surface area contributed by atoms with Crippen LogP contribution in [0.2, 0.25) is 5.02 Å². The molecule has 176 valence electrons. The normalized spacial score (nSPS) is 16.4. The Balaban J connectivity index is 1.42. The molecule has 0 spiro atoms. The third-order valence-corrected chi connectivity index (χ3v) is 7.08. The summed E-state index contributed by atoms with van der Waals surface area (Å²) in [5.41, 5.74) is 5.66. The first-order chi connectivity index (χ1) is 16.6. The van der Waals surface area contributed by atoms with Crippen LogP contribution in [-0.2, 0) is 6.54 Å². The van der Waals surface area contributed by atoms with Crippen LogP contribution in [0.5, 0.6) is 5.88 Å². The smallest absolute Gasteiger partial charge is 0.240 e. The largest absolute Gasteiger partial charge is 0.476 e. The van der Waals surface area contributed by atoms with Gasteiger partial charge in [-0.3, -0.25) is 9.67 Å². The monoisotopic (exact) mass is 474 g/mol. The Hall–Kier alpha value is -2.89. The lowest BCUT2D eigenvalue weighted by molar-refractivity contribution is 0.227. The van der Waals surface area contributed by atoms with Gasteiger partial charge in [0, 0.05) is 35.6 Å². The van der Waals surface area contributed by atoms with Gasteiger partial charge in [-0.1, -0.05) is 29.8 Å². The highest BCUT2D eigenvalue weighted by molar-refractivity contribution is 6.30. The van der Waals surface area contributed by atoms with Crippen LogP contribution in [0.1, 0.15) is 37.3 Å². The Bertz CT molecular complexity index is 1270. The van der Waals surface area contributed by atoms with Crippen molar-refractivity contribution in [1.82, 2.24) is 19.7 Å². The molecule has 2 aromatic carbocycles. The Morgan fingerprint density at radius 3 is 2.74 bits per heavy atom. The first-order valence-corrected chi connectivity index (χ1v) is 12.5. The number of rotatable bonds is 8. The number of benzene rings is 2. The van der Waals surface area contributed by atoms with Crippen molar-refractivity contribution in [3.8, 4) is 17.0 Å². The van der Waals surface area contributed by atoms with Gasteiger partial charge in [0.2, 0.25) is 5.88 Å². The molecule has 1 aliphatic rings. The summed E-state index contributed by atoms with van der Waals surface area (Å²) in [5, 5.41) is 6.65. The second kappa shape index (κ2) is 10.2. The molecule has 4 aromatic rings. The summed E-state index contributed by atoms with van der Waals surface area (Å²) >= 11 is 6.08. The molecule has 0 amide bonds. The summed E-state index contributed by atoms with van der Waals surface area (Å²) in [6.07, 6.45) is 7.36. The molecule has 6 heteroatoms. The Morgan fingerprint density at radius 2 is 1.97 bits per heavy atom. The zero-order chi connectivity index (χ0) is 23.5. The minimum atomic E-state index is 0.659. The number of likely N-dealkylation sites (tertiary alicyclic amines) is 1. The van der Waals surface area contributed by atoms with E-state index in [1.165, 1.54) is 24.9 Å². The summed E-state index contributed by atoms with van der Waals surface area (Å²) in [6.45, 7) is 8.03. The van der Waals surface area contributed by atoms with Crippen molar-refractivity contribution < 1.29 is 4.74 Å². The third kappa shape index (κ3) is 4.96. The molecule has 1 saturated heterocycles. The van der Waals surface area contributed by atoms with Crippen molar-refractivity contribution in [1.29, 1.82) is 0 Å². The molecule has 5 nitrogen and oxygen atoms in total. The van der Waals surface area contributed by atoms with Crippen LogP contribution in [0.15, 0.2) is 60.9 Å². The second-order valence-electron chi connectivity index (χ2n) is 9.24. The molecule has 3 heterocycles. The maximum Gasteiger partial charge on any atom is 0.240 e. The van der Waals surface area contributed by atoms with E-state index >= 15 is 0 Å². The number of halogens is 1. The summed E-state index contributed by atoms with van der Waals surface area (Å²) in [5.74, 6) is 0.696. The predicted molar refractivity (Wildman–Crippen MR) is 139 cm³/mol. The van der Waals surface area contributed by atoms with Crippen LogP contribution in [0.25, 0.3) is 22.0 Å². The van der Waals surface area contributed by atoms with E-state index in [2.05, 4.69) is 41.9 Å². The van der Waals surface area contributed by atoms with Gasteiger partial charge in [-0.15, -0.1) is 5.10 Å². The molecule has 1 fully saturated rings. The van der Waals surface area contributed by atoms with Gasteiger partial charge in [-0.25, -0.2) is 0 Å². The number of aromatic nitrogens is 3. The molecular formula is C28H31ClN4O. The van der Waals surface area contributed by atoms with Gasteiger partial charge in [0.25, 0.3) is 0 Å². The molecule has 34 heavy (non-hydrogen) atoms. The number of hydrogen-bond donors (Lipinski definition) is 0. The fourth-order valence-electron chi connectivity index (χ4n) is 4.83. The molecule has 1 atom stereocenters. The third-order valence-electron chi connectivity index (χ3n) is 6.83. The highest BCUT2D eigenvalue weighted by Crippen LogP contribution is 2.32. The number of aryl methyl sites for hydroxylation is 1. The number of pyridine rings is 1. The zero-order valence-corrected chi connectivity index (χ0v) is 20.6. The van der Waals surface area contributed by atoms with Gasteiger partial charge in [-0.2, -0.15) is 0 Å². The summed E-state index contributed by atoms with van der Waals surface area (Å²) in [4.78, 5) is 6.89. The number of hydrogen-bond acceptors (Lipinski definition) is 4. The quantitative estimate of drug-likeness (QED) is 0.278. The lowest BCUT2D eigenvalue weighted by Crippen LogP contribution is -2.28. The maximum atomic E-state index is 6.28. The molecular weight excluding hydrogens is 444 g/mol. The molecule has 0 radical (unpaired) electrons. The molecule has 0 saturated carbocycles. The van der Waals surface area contributed by atoms with Crippen LogP contribution >= 0.6 is 11.6 Å². The van der Waals surface area contributed by atoms with Gasteiger partial charge in [0.1, 0.15) is 0 Å². The maximum absolute atomic E-state index is 6.28. The van der Waals surface area contributed by atoms with Crippen LogP contribution in [0.3, 0.4) is 0 Å². The second-order valence-corrected chi connectivity index (χ2v) is 9.68. The molecule has 0 bridgehead atoms. The van der Waals surface area contributed by atoms with E-state index in [1.807, 2.05) is 47.4 Å². The van der Waals surface area contributed by atoms with Crippen LogP contribution in [-0.4, -0.2) is 45.4 Å². The topological polar surface area (TPSA) is 43.2 Å². The lowest BCUT2D eigenvalue weighted by Gasteiger charge is -2.20. The van der Waals surface area contributed by atoms with Crippen molar-refractivity contribution in [2.75, 3.05) is 19.7 Å². The molecule has 2 aromatic heterocycles. The molecule has 0 aliphatic carbocycles. The van der Waals surface area contributed by atoms with Crippen LogP contribution in [0, 0.1) is 6.92 Å². The van der Waals surface area contributed by atoms with E-state index in [-0.39, 0.29) is 0 Å². The molecule has 0 N–H and O–H groups in total. The lowest BCUT2D eigenvalue weighted by atomic mass is 10.0. The highest BCUT2D eigenvalue weighted by atomic mass is 35.5. The van der Waals surface area contributed by atoms with Gasteiger partial charge in [0.15, 0.2) is 0 Å². The number of fused-ring (bicyclic) bond motifs is 1. The first-order valence-electron chi connectivity index (χ1n) is 12.1. The Morgan fingerprint density at radius 1 is 1.12 bits per heavy atom. The number of ether oxygens (including phenoxy) is 1. The average molecular weight is 475 g/mol. The van der Waals surface area contributed by atoms with Crippen molar-refractivity contribution in [3.05, 3.63) is 77.1 Å². The highest BCUT2D eigenvalue weighted by Gasteiger charge is 2.19. The molecule has 0 unspecified atom stereocenters. The van der Waals surface area contributed by atoms with E-state index in [4.69, 9.17) is 21.4 Å². The van der Waals surface area contributed by atoms with Gasteiger partial charge in [0.05, 0.1) is 24.1 Å². The van der Waals surface area contributed by atoms with Crippen molar-refractivity contribution in [3.63, 3.8) is 0 Å². The van der Waals surface area contributed by atoms with E-state index < -0.39 is 0 Å². The van der Waals surface area contributed by atoms with E-state index in [1.54, 1.807) is 0 Å². The van der Waals surface area contributed by atoms with Gasteiger partial charge < -0.3 is 9.64 Å². The molecule has 5 rings (SSSR count). The van der Waals surface area contributed by atoms with Gasteiger partial charge in [-0.05, 0) is 86.7 Å². The van der Waals surface area contributed by atoms with Crippen LogP contribution < -0.4 is 4.74 Å². The predicted octanol–water partition coefficient (Wildman–Crippen LogP) is 6.36. The Kier molecular flexibility index (Phi) is 6.84. The standard InChI is InChI=1S/C28H31ClN4O/c1-20-12-13-30-18-26(20)23-8-11-27-25(17-23)28(34-16-4-15-32-14-3-5-21(32)2)31-33(27)19-22-6-9-24(29)10-7-22/h6-13,17-18,21H,3-5,14-16,19H2,1-2H3/t21-/m0/s1. The SMILES string of the molecule is Cc1ccncc1-c1ccc2c(c1)c(OCCCN1CCC[C@@H]1C)nn2Cc1ccc(Cl)cc1. The minimum absolute atomic E-state index is 0.659.